The van der Waals surface area contributed by atoms with Gasteiger partial charge in [0.05, 0.1) is 5.60 Å². The van der Waals surface area contributed by atoms with Crippen LogP contribution in [0.3, 0.4) is 0 Å². The number of rotatable bonds is 13. The van der Waals surface area contributed by atoms with Gasteiger partial charge in [-0.15, -0.1) is 10.3 Å². The molecule has 0 heterocycles. The van der Waals surface area contributed by atoms with E-state index in [-0.39, 0.29) is 10.3 Å². The Kier molecular flexibility index (Phi) is 10.3. The second-order valence-corrected chi connectivity index (χ2v) is 11.5. The molecule has 0 saturated carbocycles. The Labute approximate surface area is 141 Å². The number of nitrogens with one attached hydrogen (secondary N) is 2. The minimum absolute atomic E-state index is 0.0345. The molecule has 0 aliphatic carbocycles. The summed E-state index contributed by atoms with van der Waals surface area (Å²) >= 11 is 0. The van der Waals surface area contributed by atoms with Gasteiger partial charge in [0, 0.05) is 4.75 Å². The van der Waals surface area contributed by atoms with Gasteiger partial charge in [0.2, 0.25) is 0 Å². The van der Waals surface area contributed by atoms with E-state index in [0.717, 1.165) is 32.6 Å². The lowest BCUT2D eigenvalue weighted by Crippen LogP contribution is -2.36. The second kappa shape index (κ2) is 10.2. The highest BCUT2D eigenvalue weighted by Crippen LogP contribution is 2.58. The molecule has 0 rings (SSSR count). The van der Waals surface area contributed by atoms with E-state index >= 15 is 0 Å². The molecule has 0 amide bonds. The van der Waals surface area contributed by atoms with Crippen LogP contribution in [0.5, 0.6) is 0 Å². The molecule has 2 N–H and O–H groups in total. The molecule has 0 aromatic rings. The molecule has 0 unspecified atom stereocenters. The Hall–Kier alpha value is 0.230. The van der Waals surface area contributed by atoms with Gasteiger partial charge in [0.1, 0.15) is 0 Å². The molecule has 0 saturated heterocycles. The first-order valence-corrected chi connectivity index (χ1v) is 11.3. The molecule has 0 spiro atoms. The zero-order valence-corrected chi connectivity index (χ0v) is 17.3. The normalized spacial score (nSPS) is 14.4. The van der Waals surface area contributed by atoms with E-state index < -0.39 is 10.3 Å². The Morgan fingerprint density at radius 1 is 0.818 bits per heavy atom. The molecule has 0 aliphatic heterocycles. The summed E-state index contributed by atoms with van der Waals surface area (Å²) in [5.74, 6) is 0. The average Bonchev–Trinajstić information content (AvgIpc) is 2.38. The molecule has 0 bridgehead atoms. The van der Waals surface area contributed by atoms with Crippen molar-refractivity contribution in [2.24, 2.45) is 0 Å². The van der Waals surface area contributed by atoms with Crippen LogP contribution in [0, 0.1) is 0 Å². The van der Waals surface area contributed by atoms with Crippen LogP contribution < -0.4 is 10.6 Å². The maximum absolute atomic E-state index is 6.66. The minimum atomic E-state index is -1.10. The molecule has 0 aliphatic rings. The summed E-state index contributed by atoms with van der Waals surface area (Å²) in [6, 6.07) is 0. The maximum atomic E-state index is 6.66. The first-order chi connectivity index (χ1) is 10.1. The zero-order valence-electron chi connectivity index (χ0n) is 16.5. The molecule has 0 radical (unpaired) electrons. The SMILES string of the molecule is CCNCCCC(C)(C)OS(C)(C)C(C)(C)CCCNCC. The summed E-state index contributed by atoms with van der Waals surface area (Å²) in [5, 5.41) is 6.82. The average molecular weight is 335 g/mol. The molecule has 22 heavy (non-hydrogen) atoms. The molecule has 0 aromatic carbocycles. The predicted octanol–water partition coefficient (Wildman–Crippen LogP) is 4.32. The van der Waals surface area contributed by atoms with Crippen molar-refractivity contribution in [1.29, 1.82) is 0 Å². The summed E-state index contributed by atoms with van der Waals surface area (Å²) in [4.78, 5) is 0. The van der Waals surface area contributed by atoms with E-state index in [1.54, 1.807) is 0 Å². The molecule has 136 valence electrons. The third-order valence-corrected chi connectivity index (χ3v) is 8.26. The largest absolute Gasteiger partial charge is 0.331 e. The van der Waals surface area contributed by atoms with Gasteiger partial charge in [-0.05, 0) is 78.2 Å². The highest BCUT2D eigenvalue weighted by Gasteiger charge is 2.37. The van der Waals surface area contributed by atoms with Crippen molar-refractivity contribution >= 4 is 10.3 Å². The lowest BCUT2D eigenvalue weighted by molar-refractivity contribution is 0.114. The predicted molar refractivity (Wildman–Crippen MR) is 104 cm³/mol. The first-order valence-electron chi connectivity index (χ1n) is 8.93. The fourth-order valence-electron chi connectivity index (χ4n) is 2.60. The van der Waals surface area contributed by atoms with Crippen molar-refractivity contribution in [3.8, 4) is 0 Å². The van der Waals surface area contributed by atoms with Crippen LogP contribution in [-0.2, 0) is 4.18 Å². The summed E-state index contributed by atoms with van der Waals surface area (Å²) < 4.78 is 6.91. The molecule has 0 atom stereocenters. The fraction of sp³-hybridized carbons (Fsp3) is 1.00. The van der Waals surface area contributed by atoms with Crippen molar-refractivity contribution in [2.45, 2.75) is 77.6 Å². The van der Waals surface area contributed by atoms with Gasteiger partial charge < -0.3 is 14.8 Å². The Bertz CT molecular complexity index is 291. The van der Waals surface area contributed by atoms with E-state index in [0.29, 0.717) is 0 Å². The summed E-state index contributed by atoms with van der Waals surface area (Å²) in [6.07, 6.45) is 9.41. The van der Waals surface area contributed by atoms with E-state index in [4.69, 9.17) is 4.18 Å². The van der Waals surface area contributed by atoms with E-state index in [1.165, 1.54) is 19.3 Å². The van der Waals surface area contributed by atoms with Crippen LogP contribution >= 0.6 is 10.3 Å². The highest BCUT2D eigenvalue weighted by molar-refractivity contribution is 8.29. The van der Waals surface area contributed by atoms with Gasteiger partial charge in [-0.3, -0.25) is 0 Å². The lowest BCUT2D eigenvalue weighted by Gasteiger charge is -2.50. The summed E-state index contributed by atoms with van der Waals surface area (Å²) in [6.45, 7) is 17.9. The molecule has 3 nitrogen and oxygen atoms in total. The number of hydrogen-bond acceptors (Lipinski definition) is 3. The molecular formula is C18H42N2OS. The molecule has 4 heteroatoms. The zero-order chi connectivity index (χ0) is 17.3. The van der Waals surface area contributed by atoms with Gasteiger partial charge in [-0.1, -0.05) is 27.7 Å². The Morgan fingerprint density at radius 3 is 1.73 bits per heavy atom. The van der Waals surface area contributed by atoms with E-state index in [9.17, 15) is 0 Å². The first kappa shape index (κ1) is 22.2. The monoisotopic (exact) mass is 334 g/mol. The standard InChI is InChI=1S/C18H42N2OS/c1-9-19-15-11-13-17(3,4)21-22(7,8)18(5,6)14-12-16-20-10-2/h19-20H,9-16H2,1-8H3. The molecule has 0 aromatic heterocycles. The summed E-state index contributed by atoms with van der Waals surface area (Å²) in [7, 11) is -1.10. The van der Waals surface area contributed by atoms with Crippen LogP contribution in [0.2, 0.25) is 0 Å². The molecule has 0 fully saturated rings. The van der Waals surface area contributed by atoms with Gasteiger partial charge in [-0.2, -0.15) is 0 Å². The van der Waals surface area contributed by atoms with Crippen LogP contribution in [0.25, 0.3) is 0 Å². The third kappa shape index (κ3) is 8.76. The van der Waals surface area contributed by atoms with Crippen LogP contribution in [0.15, 0.2) is 0 Å². The van der Waals surface area contributed by atoms with E-state index in [2.05, 4.69) is 64.7 Å². The highest BCUT2D eigenvalue weighted by atomic mass is 32.3. The maximum Gasteiger partial charge on any atom is 0.0752 e. The van der Waals surface area contributed by atoms with E-state index in [1.807, 2.05) is 0 Å². The quantitative estimate of drug-likeness (QED) is 0.492. The van der Waals surface area contributed by atoms with Crippen molar-refractivity contribution in [3.05, 3.63) is 0 Å². The van der Waals surface area contributed by atoms with Crippen molar-refractivity contribution in [1.82, 2.24) is 10.6 Å². The van der Waals surface area contributed by atoms with Gasteiger partial charge in [0.25, 0.3) is 0 Å². The molecular weight excluding hydrogens is 292 g/mol. The Balaban J connectivity index is 4.43. The van der Waals surface area contributed by atoms with Crippen molar-refractivity contribution in [2.75, 3.05) is 38.7 Å². The smallest absolute Gasteiger partial charge is 0.0752 e. The number of hydrogen-bond donors (Lipinski definition) is 2. The van der Waals surface area contributed by atoms with Gasteiger partial charge in [-0.25, -0.2) is 0 Å². The van der Waals surface area contributed by atoms with Gasteiger partial charge in [0.15, 0.2) is 0 Å². The van der Waals surface area contributed by atoms with Crippen LogP contribution in [-0.4, -0.2) is 49.0 Å². The lowest BCUT2D eigenvalue weighted by atomic mass is 10.0. The van der Waals surface area contributed by atoms with Crippen molar-refractivity contribution in [3.63, 3.8) is 0 Å². The van der Waals surface area contributed by atoms with Gasteiger partial charge >= 0.3 is 0 Å². The minimum Gasteiger partial charge on any atom is -0.331 e. The third-order valence-electron chi connectivity index (χ3n) is 4.53. The van der Waals surface area contributed by atoms with Crippen molar-refractivity contribution < 1.29 is 4.18 Å². The fourth-order valence-corrected chi connectivity index (χ4v) is 4.67. The van der Waals surface area contributed by atoms with Crippen LogP contribution in [0.1, 0.15) is 67.2 Å². The summed E-state index contributed by atoms with van der Waals surface area (Å²) in [5.41, 5.74) is -0.0345. The van der Waals surface area contributed by atoms with Crippen LogP contribution in [0.4, 0.5) is 0 Å². The topological polar surface area (TPSA) is 33.3 Å². The second-order valence-electron chi connectivity index (χ2n) is 7.75. The Morgan fingerprint density at radius 2 is 1.27 bits per heavy atom.